The van der Waals surface area contributed by atoms with Crippen molar-refractivity contribution < 1.29 is 13.2 Å². The monoisotopic (exact) mass is 363 g/mol. The molecule has 0 aliphatic heterocycles. The molecule has 0 bridgehead atoms. The minimum atomic E-state index is -4.43. The average molecular weight is 364 g/mol. The van der Waals surface area contributed by atoms with Gasteiger partial charge in [-0.15, -0.1) is 11.3 Å². The molecule has 0 atom stereocenters. The molecule has 20 heavy (non-hydrogen) atoms. The quantitative estimate of drug-likeness (QED) is 0.620. The Labute approximate surface area is 125 Å². The molecule has 0 aliphatic rings. The molecule has 0 amide bonds. The second-order valence-corrected chi connectivity index (χ2v) is 5.63. The van der Waals surface area contributed by atoms with E-state index in [-0.39, 0.29) is 0 Å². The Morgan fingerprint density at radius 2 is 1.95 bits per heavy atom. The lowest BCUT2D eigenvalue weighted by atomic mass is 10.2. The molecule has 3 nitrogen and oxygen atoms in total. The number of hydrogen-bond acceptors (Lipinski definition) is 4. The zero-order valence-corrected chi connectivity index (χ0v) is 12.6. The molecule has 1 aromatic heterocycles. The number of nitrogens with one attached hydrogen (secondary N) is 1. The van der Waals surface area contributed by atoms with Gasteiger partial charge in [0.1, 0.15) is 5.71 Å². The number of benzene rings is 1. The van der Waals surface area contributed by atoms with Crippen molar-refractivity contribution >= 4 is 38.1 Å². The van der Waals surface area contributed by atoms with Gasteiger partial charge in [0.15, 0.2) is 0 Å². The van der Waals surface area contributed by atoms with Crippen LogP contribution < -0.4 is 5.43 Å². The third-order valence-electron chi connectivity index (χ3n) is 2.37. The highest BCUT2D eigenvalue weighted by molar-refractivity contribution is 9.10. The fraction of sp³-hybridized carbons (Fsp3) is 0.167. The van der Waals surface area contributed by atoms with E-state index in [0.29, 0.717) is 10.8 Å². The van der Waals surface area contributed by atoms with Crippen molar-refractivity contribution in [3.05, 3.63) is 34.1 Å². The largest absolute Gasteiger partial charge is 0.430 e. The molecular formula is C12H9BrF3N3S. The number of rotatable bonds is 3. The minimum absolute atomic E-state index is 0.312. The number of hydrogen-bond donors (Lipinski definition) is 1. The summed E-state index contributed by atoms with van der Waals surface area (Å²) < 4.78 is 37.7. The smallest absolute Gasteiger partial charge is 0.252 e. The standard InChI is InChI=1S/C12H9BrF3N3S/c1-7(12(14,15)16)18-19-11-17-10(6-20-11)8-2-4-9(13)5-3-8/h2-6H,1H3,(H,17,19)/b18-7+. The van der Waals surface area contributed by atoms with Crippen molar-refractivity contribution in [3.63, 3.8) is 0 Å². The lowest BCUT2D eigenvalue weighted by molar-refractivity contribution is -0.0592. The van der Waals surface area contributed by atoms with Crippen molar-refractivity contribution in [3.8, 4) is 11.3 Å². The van der Waals surface area contributed by atoms with Gasteiger partial charge in [0.2, 0.25) is 5.13 Å². The van der Waals surface area contributed by atoms with E-state index < -0.39 is 11.9 Å². The van der Waals surface area contributed by atoms with E-state index in [0.717, 1.165) is 17.0 Å². The van der Waals surface area contributed by atoms with Gasteiger partial charge < -0.3 is 0 Å². The second-order valence-electron chi connectivity index (χ2n) is 3.85. The molecule has 1 heterocycles. The third kappa shape index (κ3) is 3.80. The summed E-state index contributed by atoms with van der Waals surface area (Å²) in [5.41, 5.74) is 2.94. The molecule has 8 heteroatoms. The molecule has 0 aliphatic carbocycles. The van der Waals surface area contributed by atoms with E-state index in [1.165, 1.54) is 11.3 Å². The molecule has 0 fully saturated rings. The highest BCUT2D eigenvalue weighted by atomic mass is 79.9. The second kappa shape index (κ2) is 5.92. The predicted molar refractivity (Wildman–Crippen MR) is 78.0 cm³/mol. The summed E-state index contributed by atoms with van der Waals surface area (Å²) in [4.78, 5) is 4.18. The van der Waals surface area contributed by atoms with Gasteiger partial charge in [-0.2, -0.15) is 18.3 Å². The zero-order chi connectivity index (χ0) is 14.8. The Hall–Kier alpha value is -1.41. The van der Waals surface area contributed by atoms with Crippen LogP contribution in [0, 0.1) is 0 Å². The van der Waals surface area contributed by atoms with Gasteiger partial charge >= 0.3 is 6.18 Å². The van der Waals surface area contributed by atoms with E-state index >= 15 is 0 Å². The van der Waals surface area contributed by atoms with Crippen LogP contribution in [0.25, 0.3) is 11.3 Å². The van der Waals surface area contributed by atoms with E-state index in [4.69, 9.17) is 0 Å². The van der Waals surface area contributed by atoms with Crippen LogP contribution >= 0.6 is 27.3 Å². The van der Waals surface area contributed by atoms with Crippen molar-refractivity contribution in [1.29, 1.82) is 0 Å². The van der Waals surface area contributed by atoms with Crippen LogP contribution in [-0.4, -0.2) is 16.9 Å². The van der Waals surface area contributed by atoms with E-state index in [1.54, 1.807) is 5.38 Å². The molecule has 106 valence electrons. The minimum Gasteiger partial charge on any atom is -0.252 e. The molecule has 1 aromatic carbocycles. The molecular weight excluding hydrogens is 355 g/mol. The van der Waals surface area contributed by atoms with Gasteiger partial charge in [-0.3, -0.25) is 5.43 Å². The Morgan fingerprint density at radius 3 is 2.55 bits per heavy atom. The first kappa shape index (κ1) is 15.0. The summed E-state index contributed by atoms with van der Waals surface area (Å²) in [5, 5.41) is 5.33. The van der Waals surface area contributed by atoms with Crippen LogP contribution in [0.1, 0.15) is 6.92 Å². The number of hydrazone groups is 1. The fourth-order valence-corrected chi connectivity index (χ4v) is 2.20. The maximum Gasteiger partial charge on any atom is 0.430 e. The molecule has 2 rings (SSSR count). The summed E-state index contributed by atoms with van der Waals surface area (Å²) in [6.07, 6.45) is -4.43. The van der Waals surface area contributed by atoms with Crippen LogP contribution in [0.4, 0.5) is 18.3 Å². The summed E-state index contributed by atoms with van der Waals surface area (Å²) >= 11 is 4.52. The summed E-state index contributed by atoms with van der Waals surface area (Å²) in [7, 11) is 0. The summed E-state index contributed by atoms with van der Waals surface area (Å²) in [6, 6.07) is 7.47. The van der Waals surface area contributed by atoms with Gasteiger partial charge in [-0.1, -0.05) is 28.1 Å². The van der Waals surface area contributed by atoms with Crippen LogP contribution in [0.3, 0.4) is 0 Å². The molecule has 0 radical (unpaired) electrons. The highest BCUT2D eigenvalue weighted by Crippen LogP contribution is 2.26. The van der Waals surface area contributed by atoms with Crippen LogP contribution in [0.5, 0.6) is 0 Å². The predicted octanol–water partition coefficient (Wildman–Crippen LogP) is 4.92. The normalized spacial score (nSPS) is 12.6. The topological polar surface area (TPSA) is 37.3 Å². The van der Waals surface area contributed by atoms with Crippen LogP contribution in [0.2, 0.25) is 0 Å². The summed E-state index contributed by atoms with van der Waals surface area (Å²) in [6.45, 7) is 0.899. The maximum atomic E-state index is 12.3. The number of nitrogens with zero attached hydrogens (tertiary/aromatic N) is 2. The number of halogens is 4. The van der Waals surface area contributed by atoms with Crippen molar-refractivity contribution in [2.24, 2.45) is 5.10 Å². The van der Waals surface area contributed by atoms with Gasteiger partial charge in [-0.05, 0) is 19.1 Å². The van der Waals surface area contributed by atoms with Crippen molar-refractivity contribution in [2.45, 2.75) is 13.1 Å². The van der Waals surface area contributed by atoms with Crippen LogP contribution in [-0.2, 0) is 0 Å². The number of anilines is 1. The molecule has 0 saturated heterocycles. The molecule has 0 saturated carbocycles. The first-order valence-corrected chi connectivity index (χ1v) is 7.12. The Kier molecular flexibility index (Phi) is 4.44. The Bertz CT molecular complexity index is 620. The van der Waals surface area contributed by atoms with E-state index in [9.17, 15) is 13.2 Å². The van der Waals surface area contributed by atoms with Gasteiger partial charge in [0.05, 0.1) is 5.69 Å². The van der Waals surface area contributed by atoms with Gasteiger partial charge in [0, 0.05) is 15.4 Å². The highest BCUT2D eigenvalue weighted by Gasteiger charge is 2.32. The Morgan fingerprint density at radius 1 is 1.30 bits per heavy atom. The average Bonchev–Trinajstić information content (AvgIpc) is 2.84. The SMILES string of the molecule is C/C(=N\Nc1nc(-c2ccc(Br)cc2)cs1)C(F)(F)F. The summed E-state index contributed by atoms with van der Waals surface area (Å²) in [5.74, 6) is 0. The zero-order valence-electron chi connectivity index (χ0n) is 10.2. The first-order valence-electron chi connectivity index (χ1n) is 5.45. The molecule has 1 N–H and O–H groups in total. The fourth-order valence-electron chi connectivity index (χ4n) is 1.27. The number of alkyl halides is 3. The van der Waals surface area contributed by atoms with Crippen LogP contribution in [0.15, 0.2) is 39.2 Å². The van der Waals surface area contributed by atoms with E-state index in [2.05, 4.69) is 31.4 Å². The number of thiazole rings is 1. The Balaban J connectivity index is 2.12. The van der Waals surface area contributed by atoms with E-state index in [1.807, 2.05) is 24.3 Å². The van der Waals surface area contributed by atoms with Crippen molar-refractivity contribution in [1.82, 2.24) is 4.98 Å². The van der Waals surface area contributed by atoms with Crippen molar-refractivity contribution in [2.75, 3.05) is 5.43 Å². The lowest BCUT2D eigenvalue weighted by Crippen LogP contribution is -2.20. The maximum absolute atomic E-state index is 12.3. The lowest BCUT2D eigenvalue weighted by Gasteiger charge is -2.04. The molecule has 2 aromatic rings. The third-order valence-corrected chi connectivity index (χ3v) is 3.65. The van der Waals surface area contributed by atoms with Gasteiger partial charge in [-0.25, -0.2) is 4.98 Å². The molecule has 0 unspecified atom stereocenters. The van der Waals surface area contributed by atoms with Gasteiger partial charge in [0.25, 0.3) is 0 Å². The first-order chi connectivity index (χ1) is 9.36. The molecule has 0 spiro atoms. The number of aromatic nitrogens is 1.